The van der Waals surface area contributed by atoms with Crippen molar-refractivity contribution in [3.63, 3.8) is 0 Å². The van der Waals surface area contributed by atoms with Gasteiger partial charge in [-0.15, -0.1) is 0 Å². The summed E-state index contributed by atoms with van der Waals surface area (Å²) in [6, 6.07) is 0. The van der Waals surface area contributed by atoms with Gasteiger partial charge in [-0.1, -0.05) is 0 Å². The fourth-order valence-corrected chi connectivity index (χ4v) is 0.520. The fourth-order valence-electron chi connectivity index (χ4n) is 0.520. The van der Waals surface area contributed by atoms with Crippen LogP contribution in [-0.4, -0.2) is 33.2 Å². The molecule has 0 aromatic carbocycles. The maximum atomic E-state index is 10.8. The average Bonchev–Trinajstić information content (AvgIpc) is 2.12. The minimum Gasteiger partial charge on any atom is -0.466 e. The van der Waals surface area contributed by atoms with Crippen molar-refractivity contribution in [3.05, 3.63) is 11.8 Å². The third-order valence-corrected chi connectivity index (χ3v) is 1.14. The van der Waals surface area contributed by atoms with Gasteiger partial charge >= 0.3 is 11.9 Å². The second kappa shape index (κ2) is 5.17. The Labute approximate surface area is 70.3 Å². The molecule has 0 radical (unpaired) electrons. The number of ether oxygens (including phenoxy) is 2. The summed E-state index contributed by atoms with van der Waals surface area (Å²) in [5.74, 6) is -1.22. The van der Waals surface area contributed by atoms with Gasteiger partial charge in [0.1, 0.15) is 5.70 Å². The number of carbonyl (C=O) groups is 2. The maximum Gasteiger partial charge on any atom is 0.354 e. The van der Waals surface area contributed by atoms with Crippen molar-refractivity contribution in [2.45, 2.75) is 0 Å². The van der Waals surface area contributed by atoms with Crippen molar-refractivity contribution >= 4 is 11.9 Å². The van der Waals surface area contributed by atoms with Gasteiger partial charge in [0.05, 0.1) is 20.3 Å². The van der Waals surface area contributed by atoms with Crippen LogP contribution in [0.3, 0.4) is 0 Å². The third-order valence-electron chi connectivity index (χ3n) is 1.14. The molecule has 5 heteroatoms. The summed E-state index contributed by atoms with van der Waals surface area (Å²) >= 11 is 0. The summed E-state index contributed by atoms with van der Waals surface area (Å²) in [6.45, 7) is 0. The average molecular weight is 173 g/mol. The van der Waals surface area contributed by atoms with Gasteiger partial charge < -0.3 is 14.8 Å². The van der Waals surface area contributed by atoms with Crippen molar-refractivity contribution in [3.8, 4) is 0 Å². The zero-order valence-corrected chi connectivity index (χ0v) is 7.21. The van der Waals surface area contributed by atoms with E-state index in [0.717, 1.165) is 6.08 Å². The lowest BCUT2D eigenvalue weighted by molar-refractivity contribution is -0.138. The van der Waals surface area contributed by atoms with Crippen molar-refractivity contribution < 1.29 is 19.1 Å². The molecule has 0 atom stereocenters. The van der Waals surface area contributed by atoms with Gasteiger partial charge in [-0.3, -0.25) is 0 Å². The first kappa shape index (κ1) is 10.5. The van der Waals surface area contributed by atoms with Crippen LogP contribution >= 0.6 is 0 Å². The van der Waals surface area contributed by atoms with E-state index in [1.807, 2.05) is 0 Å². The van der Waals surface area contributed by atoms with E-state index in [-0.39, 0.29) is 5.70 Å². The van der Waals surface area contributed by atoms with E-state index in [1.54, 1.807) is 0 Å². The van der Waals surface area contributed by atoms with Crippen molar-refractivity contribution in [2.24, 2.45) is 0 Å². The first-order chi connectivity index (χ1) is 5.65. The van der Waals surface area contributed by atoms with Crippen LogP contribution in [0.15, 0.2) is 11.8 Å². The SMILES string of the molecule is CNC(=CC(=O)OC)C(=O)OC. The predicted octanol–water partition coefficient (Wildman–Crippen LogP) is -0.564. The highest BCUT2D eigenvalue weighted by molar-refractivity contribution is 5.95. The second-order valence-corrected chi connectivity index (χ2v) is 1.82. The molecule has 0 fully saturated rings. The molecule has 0 aliphatic carbocycles. The Bertz CT molecular complexity index is 209. The molecule has 0 bridgehead atoms. The normalized spacial score (nSPS) is 10.4. The molecule has 5 nitrogen and oxygen atoms in total. The Morgan fingerprint density at radius 1 is 1.25 bits per heavy atom. The Morgan fingerprint density at radius 3 is 2.17 bits per heavy atom. The lowest BCUT2D eigenvalue weighted by Gasteiger charge is -2.02. The summed E-state index contributed by atoms with van der Waals surface area (Å²) < 4.78 is 8.69. The zero-order valence-electron chi connectivity index (χ0n) is 7.21. The van der Waals surface area contributed by atoms with Crippen molar-refractivity contribution in [2.75, 3.05) is 21.3 Å². The number of methoxy groups -OCH3 is 2. The lowest BCUT2D eigenvalue weighted by Crippen LogP contribution is -2.19. The minimum absolute atomic E-state index is 0.0596. The molecule has 0 spiro atoms. The molecular formula is C7H11NO4. The Balaban J connectivity index is 4.43. The smallest absolute Gasteiger partial charge is 0.354 e. The van der Waals surface area contributed by atoms with Gasteiger partial charge in [-0.2, -0.15) is 0 Å². The van der Waals surface area contributed by atoms with Gasteiger partial charge in [0.15, 0.2) is 0 Å². The van der Waals surface area contributed by atoms with Crippen LogP contribution in [0, 0.1) is 0 Å². The first-order valence-electron chi connectivity index (χ1n) is 3.21. The van der Waals surface area contributed by atoms with E-state index in [2.05, 4.69) is 14.8 Å². The Hall–Kier alpha value is -1.52. The number of likely N-dealkylation sites (N-methyl/N-ethyl adjacent to an activating group) is 1. The van der Waals surface area contributed by atoms with E-state index < -0.39 is 11.9 Å². The van der Waals surface area contributed by atoms with Gasteiger partial charge in [-0.25, -0.2) is 9.59 Å². The molecule has 0 saturated heterocycles. The number of hydrogen-bond acceptors (Lipinski definition) is 5. The van der Waals surface area contributed by atoms with E-state index in [4.69, 9.17) is 0 Å². The van der Waals surface area contributed by atoms with E-state index >= 15 is 0 Å². The quantitative estimate of drug-likeness (QED) is 0.457. The lowest BCUT2D eigenvalue weighted by atomic mass is 10.4. The highest BCUT2D eigenvalue weighted by Crippen LogP contribution is 1.92. The van der Waals surface area contributed by atoms with E-state index in [9.17, 15) is 9.59 Å². The second-order valence-electron chi connectivity index (χ2n) is 1.82. The summed E-state index contributed by atoms with van der Waals surface area (Å²) in [6.07, 6.45) is 1.02. The highest BCUT2D eigenvalue weighted by Gasteiger charge is 2.09. The minimum atomic E-state index is -0.608. The monoisotopic (exact) mass is 173 g/mol. The molecule has 0 aliphatic rings. The first-order valence-corrected chi connectivity index (χ1v) is 3.21. The van der Waals surface area contributed by atoms with Gasteiger partial charge in [-0.05, 0) is 0 Å². The Morgan fingerprint density at radius 2 is 1.83 bits per heavy atom. The van der Waals surface area contributed by atoms with Crippen LogP contribution in [0.5, 0.6) is 0 Å². The zero-order chi connectivity index (χ0) is 9.56. The standard InChI is InChI=1S/C7H11NO4/c1-8-5(7(10)12-3)4-6(9)11-2/h4,8H,1-3H3. The summed E-state index contributed by atoms with van der Waals surface area (Å²) in [4.78, 5) is 21.5. The van der Waals surface area contributed by atoms with Gasteiger partial charge in [0.2, 0.25) is 0 Å². The van der Waals surface area contributed by atoms with E-state index in [1.165, 1.54) is 21.3 Å². The largest absolute Gasteiger partial charge is 0.466 e. The molecule has 12 heavy (non-hydrogen) atoms. The fraction of sp³-hybridized carbons (Fsp3) is 0.429. The van der Waals surface area contributed by atoms with E-state index in [0.29, 0.717) is 0 Å². The molecule has 0 amide bonds. The topological polar surface area (TPSA) is 64.6 Å². The van der Waals surface area contributed by atoms with Gasteiger partial charge in [0.25, 0.3) is 0 Å². The van der Waals surface area contributed by atoms with Crippen LogP contribution in [0.4, 0.5) is 0 Å². The van der Waals surface area contributed by atoms with Crippen LogP contribution in [0.1, 0.15) is 0 Å². The number of esters is 2. The number of rotatable bonds is 3. The summed E-state index contributed by atoms with van der Waals surface area (Å²) in [7, 11) is 3.96. The van der Waals surface area contributed by atoms with Gasteiger partial charge in [0, 0.05) is 7.05 Å². The van der Waals surface area contributed by atoms with Crippen LogP contribution in [0.2, 0.25) is 0 Å². The van der Waals surface area contributed by atoms with Crippen LogP contribution in [-0.2, 0) is 19.1 Å². The van der Waals surface area contributed by atoms with Crippen LogP contribution < -0.4 is 5.32 Å². The van der Waals surface area contributed by atoms with Crippen molar-refractivity contribution in [1.82, 2.24) is 5.32 Å². The van der Waals surface area contributed by atoms with Crippen molar-refractivity contribution in [1.29, 1.82) is 0 Å². The molecule has 0 unspecified atom stereocenters. The molecule has 0 saturated carbocycles. The van der Waals surface area contributed by atoms with Crippen LogP contribution in [0.25, 0.3) is 0 Å². The molecule has 0 aromatic heterocycles. The molecule has 0 aliphatic heterocycles. The number of nitrogens with one attached hydrogen (secondary N) is 1. The molecule has 0 heterocycles. The molecular weight excluding hydrogens is 162 g/mol. The predicted molar refractivity (Wildman–Crippen MR) is 41.2 cm³/mol. The molecule has 0 rings (SSSR count). The maximum absolute atomic E-state index is 10.8. The summed E-state index contributed by atoms with van der Waals surface area (Å²) in [5, 5.41) is 2.50. The summed E-state index contributed by atoms with van der Waals surface area (Å²) in [5.41, 5.74) is 0.0596. The third kappa shape index (κ3) is 3.05. The molecule has 68 valence electrons. The Kier molecular flexibility index (Phi) is 4.52. The molecule has 1 N–H and O–H groups in total. The highest BCUT2D eigenvalue weighted by atomic mass is 16.5. The number of carbonyl (C=O) groups excluding carboxylic acids is 2. The molecule has 0 aromatic rings. The number of hydrogen-bond donors (Lipinski definition) is 1.